The van der Waals surface area contributed by atoms with E-state index in [2.05, 4.69) is 0 Å². The first kappa shape index (κ1) is 19.2. The summed E-state index contributed by atoms with van der Waals surface area (Å²) in [6, 6.07) is 6.54. The SMILES string of the molecule is CC(=O)Oc1cccc(C(=O)N2CCN(C(=O)C(C)(C)CCl)CC2)c1. The number of carbonyl (C=O) groups is 3. The molecule has 0 aliphatic carbocycles. The molecule has 0 radical (unpaired) electrons. The third kappa shape index (κ3) is 4.72. The van der Waals surface area contributed by atoms with Crippen LogP contribution in [0.3, 0.4) is 0 Å². The fourth-order valence-electron chi connectivity index (χ4n) is 2.64. The molecule has 1 heterocycles. The van der Waals surface area contributed by atoms with Crippen molar-refractivity contribution in [3.8, 4) is 5.75 Å². The lowest BCUT2D eigenvalue weighted by Crippen LogP contribution is -2.53. The van der Waals surface area contributed by atoms with Crippen LogP contribution in [0.2, 0.25) is 0 Å². The largest absolute Gasteiger partial charge is 0.427 e. The molecule has 0 spiro atoms. The van der Waals surface area contributed by atoms with E-state index in [1.165, 1.54) is 6.92 Å². The Balaban J connectivity index is 2.00. The van der Waals surface area contributed by atoms with Crippen LogP contribution < -0.4 is 4.74 Å². The van der Waals surface area contributed by atoms with Gasteiger partial charge in [-0.1, -0.05) is 6.07 Å². The molecule has 1 aromatic rings. The number of piperazine rings is 1. The third-order valence-corrected chi connectivity index (χ3v) is 4.78. The summed E-state index contributed by atoms with van der Waals surface area (Å²) in [6.07, 6.45) is 0. The van der Waals surface area contributed by atoms with Gasteiger partial charge in [0.05, 0.1) is 5.41 Å². The van der Waals surface area contributed by atoms with Crippen molar-refractivity contribution in [2.45, 2.75) is 20.8 Å². The van der Waals surface area contributed by atoms with Crippen molar-refractivity contribution in [1.82, 2.24) is 9.80 Å². The van der Waals surface area contributed by atoms with E-state index in [0.717, 1.165) is 0 Å². The molecule has 7 heteroatoms. The van der Waals surface area contributed by atoms with Gasteiger partial charge >= 0.3 is 5.97 Å². The molecule has 25 heavy (non-hydrogen) atoms. The summed E-state index contributed by atoms with van der Waals surface area (Å²) in [5.41, 5.74) is -0.147. The molecule has 6 nitrogen and oxygen atoms in total. The Morgan fingerprint density at radius 1 is 1.12 bits per heavy atom. The second-order valence-electron chi connectivity index (χ2n) is 6.72. The van der Waals surface area contributed by atoms with E-state index >= 15 is 0 Å². The van der Waals surface area contributed by atoms with Crippen LogP contribution in [0.5, 0.6) is 5.75 Å². The predicted octanol–water partition coefficient (Wildman–Crippen LogP) is 2.16. The quantitative estimate of drug-likeness (QED) is 0.465. The van der Waals surface area contributed by atoms with E-state index in [-0.39, 0.29) is 17.7 Å². The van der Waals surface area contributed by atoms with Crippen LogP contribution in [0.25, 0.3) is 0 Å². The average Bonchev–Trinajstić information content (AvgIpc) is 2.60. The Morgan fingerprint density at radius 3 is 2.28 bits per heavy atom. The van der Waals surface area contributed by atoms with Crippen LogP contribution >= 0.6 is 11.6 Å². The van der Waals surface area contributed by atoms with E-state index in [1.807, 2.05) is 13.8 Å². The number of ether oxygens (including phenoxy) is 1. The highest BCUT2D eigenvalue weighted by molar-refractivity contribution is 6.19. The number of benzene rings is 1. The topological polar surface area (TPSA) is 66.9 Å². The van der Waals surface area contributed by atoms with Crippen molar-refractivity contribution in [2.75, 3.05) is 32.1 Å². The molecular weight excluding hydrogens is 344 g/mol. The summed E-state index contributed by atoms with van der Waals surface area (Å²) in [6.45, 7) is 6.83. The second kappa shape index (κ2) is 7.87. The van der Waals surface area contributed by atoms with Gasteiger partial charge in [0.15, 0.2) is 0 Å². The molecule has 0 N–H and O–H groups in total. The normalized spacial score (nSPS) is 15.0. The summed E-state index contributed by atoms with van der Waals surface area (Å²) in [5, 5.41) is 0. The van der Waals surface area contributed by atoms with Crippen LogP contribution in [0.15, 0.2) is 24.3 Å². The number of hydrogen-bond donors (Lipinski definition) is 0. The van der Waals surface area contributed by atoms with Crippen molar-refractivity contribution < 1.29 is 19.1 Å². The van der Waals surface area contributed by atoms with Gasteiger partial charge in [-0.15, -0.1) is 11.6 Å². The van der Waals surface area contributed by atoms with Gasteiger partial charge in [0, 0.05) is 44.5 Å². The van der Waals surface area contributed by atoms with E-state index < -0.39 is 11.4 Å². The molecule has 1 aliphatic heterocycles. The fourth-order valence-corrected chi connectivity index (χ4v) is 2.75. The van der Waals surface area contributed by atoms with Gasteiger partial charge in [0.1, 0.15) is 5.75 Å². The Labute approximate surface area is 152 Å². The summed E-state index contributed by atoms with van der Waals surface area (Å²) < 4.78 is 5.02. The Bertz CT molecular complexity index is 667. The van der Waals surface area contributed by atoms with Gasteiger partial charge in [-0.25, -0.2) is 0 Å². The summed E-state index contributed by atoms with van der Waals surface area (Å²) in [4.78, 5) is 39.5. The maximum atomic E-state index is 12.6. The number of hydrogen-bond acceptors (Lipinski definition) is 4. The predicted molar refractivity (Wildman–Crippen MR) is 94.7 cm³/mol. The molecule has 0 aromatic heterocycles. The molecule has 0 bridgehead atoms. The van der Waals surface area contributed by atoms with Gasteiger partial charge in [-0.05, 0) is 32.0 Å². The highest BCUT2D eigenvalue weighted by atomic mass is 35.5. The fraction of sp³-hybridized carbons (Fsp3) is 0.500. The van der Waals surface area contributed by atoms with Crippen molar-refractivity contribution in [3.05, 3.63) is 29.8 Å². The van der Waals surface area contributed by atoms with Crippen LogP contribution in [-0.4, -0.2) is 59.6 Å². The second-order valence-corrected chi connectivity index (χ2v) is 6.99. The zero-order chi connectivity index (χ0) is 18.6. The molecule has 136 valence electrons. The van der Waals surface area contributed by atoms with Gasteiger partial charge in [-0.2, -0.15) is 0 Å². The van der Waals surface area contributed by atoms with Gasteiger partial charge < -0.3 is 14.5 Å². The van der Waals surface area contributed by atoms with Crippen LogP contribution in [0.1, 0.15) is 31.1 Å². The van der Waals surface area contributed by atoms with Gasteiger partial charge in [0.25, 0.3) is 5.91 Å². The van der Waals surface area contributed by atoms with Crippen molar-refractivity contribution in [1.29, 1.82) is 0 Å². The molecule has 0 atom stereocenters. The first-order chi connectivity index (χ1) is 11.7. The first-order valence-corrected chi connectivity index (χ1v) is 8.71. The van der Waals surface area contributed by atoms with E-state index in [0.29, 0.717) is 37.5 Å². The minimum atomic E-state index is -0.605. The molecule has 1 saturated heterocycles. The molecule has 0 saturated carbocycles. The molecule has 0 unspecified atom stereocenters. The lowest BCUT2D eigenvalue weighted by atomic mass is 9.94. The minimum Gasteiger partial charge on any atom is -0.427 e. The Hall–Kier alpha value is -2.08. The molecule has 1 aliphatic rings. The van der Waals surface area contributed by atoms with Crippen LogP contribution in [0, 0.1) is 5.41 Å². The van der Waals surface area contributed by atoms with Crippen molar-refractivity contribution >= 4 is 29.4 Å². The highest BCUT2D eigenvalue weighted by Crippen LogP contribution is 2.22. The zero-order valence-corrected chi connectivity index (χ0v) is 15.5. The Morgan fingerprint density at radius 2 is 1.72 bits per heavy atom. The van der Waals surface area contributed by atoms with Crippen LogP contribution in [-0.2, 0) is 9.59 Å². The maximum Gasteiger partial charge on any atom is 0.308 e. The standard InChI is InChI=1S/C18H23ClN2O4/c1-13(22)25-15-6-4-5-14(11-15)16(23)20-7-9-21(10-8-20)17(24)18(2,3)12-19/h4-6,11H,7-10,12H2,1-3H3. The smallest absolute Gasteiger partial charge is 0.308 e. The summed E-state index contributed by atoms with van der Waals surface area (Å²) in [7, 11) is 0. The van der Waals surface area contributed by atoms with E-state index in [9.17, 15) is 14.4 Å². The van der Waals surface area contributed by atoms with Gasteiger partial charge in [0.2, 0.25) is 5.91 Å². The number of carbonyl (C=O) groups excluding carboxylic acids is 3. The molecule has 1 fully saturated rings. The van der Waals surface area contributed by atoms with E-state index in [1.54, 1.807) is 34.1 Å². The zero-order valence-electron chi connectivity index (χ0n) is 14.8. The number of esters is 1. The Kier molecular flexibility index (Phi) is 6.06. The lowest BCUT2D eigenvalue weighted by Gasteiger charge is -2.38. The van der Waals surface area contributed by atoms with Gasteiger partial charge in [-0.3, -0.25) is 14.4 Å². The third-order valence-electron chi connectivity index (χ3n) is 4.11. The van der Waals surface area contributed by atoms with Crippen molar-refractivity contribution in [2.24, 2.45) is 5.41 Å². The monoisotopic (exact) mass is 366 g/mol. The van der Waals surface area contributed by atoms with Crippen molar-refractivity contribution in [3.63, 3.8) is 0 Å². The number of rotatable bonds is 4. The highest BCUT2D eigenvalue weighted by Gasteiger charge is 2.33. The molecule has 2 rings (SSSR count). The number of halogens is 1. The minimum absolute atomic E-state index is 0.00598. The molecular formula is C18H23ClN2O4. The summed E-state index contributed by atoms with van der Waals surface area (Å²) in [5.74, 6) is 0.0345. The number of nitrogens with zero attached hydrogens (tertiary/aromatic N) is 2. The summed E-state index contributed by atoms with van der Waals surface area (Å²) >= 11 is 5.87. The first-order valence-electron chi connectivity index (χ1n) is 8.17. The molecule has 1 aromatic carbocycles. The average molecular weight is 367 g/mol. The van der Waals surface area contributed by atoms with E-state index in [4.69, 9.17) is 16.3 Å². The molecule has 2 amide bonds. The number of alkyl halides is 1. The lowest BCUT2D eigenvalue weighted by molar-refractivity contribution is -0.140. The maximum absolute atomic E-state index is 12.6. The van der Waals surface area contributed by atoms with Crippen LogP contribution in [0.4, 0.5) is 0 Å². The number of amides is 2.